The number of rotatable bonds is 3. The molecule has 2 atom stereocenters. The first-order valence-corrected chi connectivity index (χ1v) is 4.81. The first-order chi connectivity index (χ1) is 6.52. The van der Waals surface area contributed by atoms with Gasteiger partial charge in [0.25, 0.3) is 0 Å². The Balaban J connectivity index is 2.41. The van der Waals surface area contributed by atoms with Crippen LogP contribution in [0.1, 0.15) is 0 Å². The van der Waals surface area contributed by atoms with Crippen molar-refractivity contribution in [1.29, 1.82) is 0 Å². The summed E-state index contributed by atoms with van der Waals surface area (Å²) in [5, 5.41) is 12.7. The Bertz CT molecular complexity index is 208. The highest BCUT2D eigenvalue weighted by atomic mass is 16.3. The third-order valence-electron chi connectivity index (χ3n) is 2.60. The van der Waals surface area contributed by atoms with E-state index in [9.17, 15) is 9.90 Å². The molecule has 1 aliphatic heterocycles. The standard InChI is InChI=1S/C9H19N3O2/c1-11(2)9(14)6-12(3)7-4-10-5-8(7)13/h7-8,10,13H,4-6H2,1-3H3. The van der Waals surface area contributed by atoms with Gasteiger partial charge in [0.15, 0.2) is 0 Å². The summed E-state index contributed by atoms with van der Waals surface area (Å²) in [6.07, 6.45) is -0.366. The second-order valence-corrected chi connectivity index (χ2v) is 4.00. The molecular formula is C9H19N3O2. The van der Waals surface area contributed by atoms with Crippen molar-refractivity contribution < 1.29 is 9.90 Å². The Hall–Kier alpha value is -0.650. The molecule has 1 rings (SSSR count). The lowest BCUT2D eigenvalue weighted by molar-refractivity contribution is -0.130. The number of carbonyl (C=O) groups excluding carboxylic acids is 1. The maximum absolute atomic E-state index is 11.4. The zero-order valence-corrected chi connectivity index (χ0v) is 9.03. The SMILES string of the molecule is CN(C)C(=O)CN(C)C1CNCC1O. The van der Waals surface area contributed by atoms with Crippen LogP contribution in [0.3, 0.4) is 0 Å². The number of hydrogen-bond acceptors (Lipinski definition) is 4. The molecule has 1 amide bonds. The van der Waals surface area contributed by atoms with Crippen LogP contribution < -0.4 is 5.32 Å². The van der Waals surface area contributed by atoms with E-state index in [0.717, 1.165) is 6.54 Å². The van der Waals surface area contributed by atoms with Crippen LogP contribution in [-0.2, 0) is 4.79 Å². The Morgan fingerprint density at radius 1 is 1.43 bits per heavy atom. The normalized spacial score (nSPS) is 26.9. The van der Waals surface area contributed by atoms with Gasteiger partial charge in [0, 0.05) is 33.2 Å². The predicted octanol–water partition coefficient (Wildman–Crippen LogP) is -1.66. The highest BCUT2D eigenvalue weighted by Crippen LogP contribution is 2.06. The summed E-state index contributed by atoms with van der Waals surface area (Å²) in [4.78, 5) is 14.9. The Labute approximate surface area is 84.7 Å². The van der Waals surface area contributed by atoms with E-state index in [0.29, 0.717) is 13.1 Å². The van der Waals surface area contributed by atoms with Crippen LogP contribution in [-0.4, -0.2) is 73.7 Å². The van der Waals surface area contributed by atoms with Crippen LogP contribution in [0.2, 0.25) is 0 Å². The molecule has 1 aliphatic rings. The summed E-state index contributed by atoms with van der Waals surface area (Å²) >= 11 is 0. The lowest BCUT2D eigenvalue weighted by Gasteiger charge is -2.26. The number of likely N-dealkylation sites (N-methyl/N-ethyl adjacent to an activating group) is 2. The number of nitrogens with one attached hydrogen (secondary N) is 1. The number of hydrogen-bond donors (Lipinski definition) is 2. The molecule has 2 unspecified atom stereocenters. The van der Waals surface area contributed by atoms with E-state index < -0.39 is 0 Å². The highest BCUT2D eigenvalue weighted by Gasteiger charge is 2.29. The molecular weight excluding hydrogens is 182 g/mol. The molecule has 2 N–H and O–H groups in total. The largest absolute Gasteiger partial charge is 0.390 e. The molecule has 0 aromatic rings. The molecule has 0 saturated carbocycles. The van der Waals surface area contributed by atoms with Crippen LogP contribution in [0, 0.1) is 0 Å². The molecule has 1 saturated heterocycles. The Kier molecular flexibility index (Phi) is 3.86. The zero-order chi connectivity index (χ0) is 10.7. The van der Waals surface area contributed by atoms with E-state index in [2.05, 4.69) is 5.32 Å². The van der Waals surface area contributed by atoms with Crippen molar-refractivity contribution in [2.75, 3.05) is 40.8 Å². The van der Waals surface area contributed by atoms with Crippen LogP contribution in [0.4, 0.5) is 0 Å². The van der Waals surface area contributed by atoms with Crippen LogP contribution in [0.5, 0.6) is 0 Å². The molecule has 14 heavy (non-hydrogen) atoms. The van der Waals surface area contributed by atoms with E-state index in [1.165, 1.54) is 0 Å². The molecule has 0 aromatic heterocycles. The maximum Gasteiger partial charge on any atom is 0.236 e. The maximum atomic E-state index is 11.4. The van der Waals surface area contributed by atoms with E-state index in [1.807, 2.05) is 11.9 Å². The molecule has 0 radical (unpaired) electrons. The van der Waals surface area contributed by atoms with Gasteiger partial charge in [-0.3, -0.25) is 9.69 Å². The number of β-amino-alcohol motifs (C(OH)–C–C–N with tert-alkyl or cyclic N) is 1. The third kappa shape index (κ3) is 2.67. The van der Waals surface area contributed by atoms with E-state index in [1.54, 1.807) is 19.0 Å². The van der Waals surface area contributed by atoms with Crippen molar-refractivity contribution in [3.63, 3.8) is 0 Å². The minimum Gasteiger partial charge on any atom is -0.390 e. The second kappa shape index (κ2) is 4.72. The summed E-state index contributed by atoms with van der Waals surface area (Å²) in [5.74, 6) is 0.0617. The second-order valence-electron chi connectivity index (χ2n) is 4.00. The first-order valence-electron chi connectivity index (χ1n) is 4.81. The monoisotopic (exact) mass is 201 g/mol. The van der Waals surface area contributed by atoms with Gasteiger partial charge in [0.2, 0.25) is 5.91 Å². The molecule has 82 valence electrons. The fourth-order valence-electron chi connectivity index (χ4n) is 1.57. The lowest BCUT2D eigenvalue weighted by Crippen LogP contribution is -2.45. The third-order valence-corrected chi connectivity index (χ3v) is 2.60. The molecule has 1 heterocycles. The molecule has 0 aliphatic carbocycles. The fourth-order valence-corrected chi connectivity index (χ4v) is 1.57. The van der Waals surface area contributed by atoms with Crippen molar-refractivity contribution in [3.05, 3.63) is 0 Å². The zero-order valence-electron chi connectivity index (χ0n) is 9.03. The number of carbonyl (C=O) groups is 1. The van der Waals surface area contributed by atoms with Crippen molar-refractivity contribution in [3.8, 4) is 0 Å². The van der Waals surface area contributed by atoms with Crippen LogP contribution in [0.15, 0.2) is 0 Å². The summed E-state index contributed by atoms with van der Waals surface area (Å²) < 4.78 is 0. The van der Waals surface area contributed by atoms with Crippen molar-refractivity contribution in [1.82, 2.24) is 15.1 Å². The minimum absolute atomic E-state index is 0.0545. The van der Waals surface area contributed by atoms with Crippen molar-refractivity contribution in [2.45, 2.75) is 12.1 Å². The van der Waals surface area contributed by atoms with Gasteiger partial charge in [-0.05, 0) is 7.05 Å². The van der Waals surface area contributed by atoms with Gasteiger partial charge in [-0.15, -0.1) is 0 Å². The number of nitrogens with zero attached hydrogens (tertiary/aromatic N) is 2. The summed E-state index contributed by atoms with van der Waals surface area (Å²) in [5.41, 5.74) is 0. The fraction of sp³-hybridized carbons (Fsp3) is 0.889. The molecule has 5 nitrogen and oxygen atoms in total. The van der Waals surface area contributed by atoms with Gasteiger partial charge in [-0.1, -0.05) is 0 Å². The summed E-state index contributed by atoms with van der Waals surface area (Å²) in [7, 11) is 5.33. The molecule has 5 heteroatoms. The first kappa shape index (κ1) is 11.4. The van der Waals surface area contributed by atoms with Gasteiger partial charge in [0.05, 0.1) is 12.6 Å². The minimum atomic E-state index is -0.366. The van der Waals surface area contributed by atoms with Crippen molar-refractivity contribution >= 4 is 5.91 Å². The van der Waals surface area contributed by atoms with Gasteiger partial charge in [-0.2, -0.15) is 0 Å². The molecule has 1 fully saturated rings. The lowest BCUT2D eigenvalue weighted by atomic mass is 10.2. The average Bonchev–Trinajstić information content (AvgIpc) is 2.51. The number of aliphatic hydroxyl groups excluding tert-OH is 1. The molecule has 0 bridgehead atoms. The molecule has 0 aromatic carbocycles. The van der Waals surface area contributed by atoms with Gasteiger partial charge in [0.1, 0.15) is 0 Å². The van der Waals surface area contributed by atoms with Crippen LogP contribution >= 0.6 is 0 Å². The number of aliphatic hydroxyl groups is 1. The Morgan fingerprint density at radius 2 is 2.07 bits per heavy atom. The topological polar surface area (TPSA) is 55.8 Å². The number of amides is 1. The quantitative estimate of drug-likeness (QED) is 0.574. The predicted molar refractivity (Wildman–Crippen MR) is 54.0 cm³/mol. The Morgan fingerprint density at radius 3 is 2.50 bits per heavy atom. The van der Waals surface area contributed by atoms with E-state index >= 15 is 0 Å². The summed E-state index contributed by atoms with van der Waals surface area (Å²) in [6.45, 7) is 1.72. The van der Waals surface area contributed by atoms with Gasteiger partial charge >= 0.3 is 0 Å². The van der Waals surface area contributed by atoms with Crippen LogP contribution in [0.25, 0.3) is 0 Å². The van der Waals surface area contributed by atoms with E-state index in [4.69, 9.17) is 0 Å². The smallest absolute Gasteiger partial charge is 0.236 e. The summed E-state index contributed by atoms with van der Waals surface area (Å²) in [6, 6.07) is 0.0545. The van der Waals surface area contributed by atoms with Crippen molar-refractivity contribution in [2.24, 2.45) is 0 Å². The van der Waals surface area contributed by atoms with Gasteiger partial charge in [-0.25, -0.2) is 0 Å². The van der Waals surface area contributed by atoms with E-state index in [-0.39, 0.29) is 18.1 Å². The van der Waals surface area contributed by atoms with Gasteiger partial charge < -0.3 is 15.3 Å². The molecule has 0 spiro atoms. The average molecular weight is 201 g/mol. The highest BCUT2D eigenvalue weighted by molar-refractivity contribution is 5.77.